The van der Waals surface area contributed by atoms with Gasteiger partial charge in [-0.05, 0) is 36.3 Å². The second kappa shape index (κ2) is 7.51. The van der Waals surface area contributed by atoms with E-state index in [1.54, 1.807) is 28.8 Å². The minimum absolute atomic E-state index is 0.0828. The monoisotopic (exact) mass is 374 g/mol. The van der Waals surface area contributed by atoms with Gasteiger partial charge in [-0.2, -0.15) is 13.2 Å². The smallest absolute Gasteiger partial charge is 0.416 e. The van der Waals surface area contributed by atoms with Gasteiger partial charge < -0.3 is 9.84 Å². The Morgan fingerprint density at radius 3 is 2.74 bits per heavy atom. The number of aliphatic carboxylic acids is 1. The molecule has 8 heteroatoms. The van der Waals surface area contributed by atoms with Crippen LogP contribution in [0, 0.1) is 11.8 Å². The lowest BCUT2D eigenvalue weighted by molar-refractivity contribution is -0.142. The molecule has 0 bridgehead atoms. The fraction of sp³-hybridized carbons (Fsp3) is 0.158. The first-order valence-electron chi connectivity index (χ1n) is 7.79. The highest BCUT2D eigenvalue weighted by Crippen LogP contribution is 2.29. The van der Waals surface area contributed by atoms with Gasteiger partial charge >= 0.3 is 12.1 Å². The van der Waals surface area contributed by atoms with Gasteiger partial charge in [0.15, 0.2) is 0 Å². The molecule has 5 nitrogen and oxygen atoms in total. The van der Waals surface area contributed by atoms with E-state index in [0.29, 0.717) is 17.0 Å². The first-order chi connectivity index (χ1) is 12.8. The zero-order chi connectivity index (χ0) is 19.4. The summed E-state index contributed by atoms with van der Waals surface area (Å²) in [4.78, 5) is 14.9. The molecule has 0 aliphatic heterocycles. The molecule has 0 spiro atoms. The average Bonchev–Trinajstić information content (AvgIpc) is 2.96. The molecule has 3 rings (SSSR count). The van der Waals surface area contributed by atoms with E-state index in [1.807, 2.05) is 0 Å². The summed E-state index contributed by atoms with van der Waals surface area (Å²) < 4.78 is 45.2. The number of carbonyl (C=O) groups is 1. The van der Waals surface area contributed by atoms with Crippen LogP contribution in [0.25, 0.3) is 5.65 Å². The maximum absolute atomic E-state index is 12.8. The van der Waals surface area contributed by atoms with E-state index >= 15 is 0 Å². The van der Waals surface area contributed by atoms with Crippen molar-refractivity contribution in [3.63, 3.8) is 0 Å². The molecule has 2 aromatic heterocycles. The van der Waals surface area contributed by atoms with E-state index in [1.165, 1.54) is 12.1 Å². The Kier molecular flexibility index (Phi) is 5.14. The molecule has 2 heterocycles. The highest BCUT2D eigenvalue weighted by atomic mass is 19.4. The lowest BCUT2D eigenvalue weighted by atomic mass is 10.1. The first-order valence-corrected chi connectivity index (χ1v) is 7.79. The van der Waals surface area contributed by atoms with Crippen LogP contribution in [-0.4, -0.2) is 27.1 Å². The summed E-state index contributed by atoms with van der Waals surface area (Å²) >= 11 is 0. The number of carboxylic acid groups (broad SMARTS) is 1. The number of alkyl halides is 3. The third-order valence-corrected chi connectivity index (χ3v) is 3.58. The summed E-state index contributed by atoms with van der Waals surface area (Å²) in [6.45, 7) is -0.574. The Balaban J connectivity index is 1.97. The number of ether oxygens (including phenoxy) is 1. The summed E-state index contributed by atoms with van der Waals surface area (Å²) in [5, 5.41) is 8.67. The number of hydrogen-bond donors (Lipinski definition) is 1. The van der Waals surface area contributed by atoms with Gasteiger partial charge in [-0.3, -0.25) is 4.40 Å². The topological polar surface area (TPSA) is 63.8 Å². The number of nitrogens with zero attached hydrogens (tertiary/aromatic N) is 2. The number of hydrogen-bond acceptors (Lipinski definition) is 3. The third-order valence-electron chi connectivity index (χ3n) is 3.58. The standard InChI is InChI=1S/C19H13F3N2O3/c20-19(21,22)14-5-3-4-13(10-14)7-8-16-15(11-27-12-18(25)26)23-17-6-1-2-9-24(16)17/h1-6,9-10H,11-12H2,(H,25,26). The predicted molar refractivity (Wildman–Crippen MR) is 89.9 cm³/mol. The zero-order valence-electron chi connectivity index (χ0n) is 13.8. The number of fused-ring (bicyclic) bond motifs is 1. The molecular formula is C19H13F3N2O3. The van der Waals surface area contributed by atoms with Gasteiger partial charge in [0.05, 0.1) is 12.2 Å². The van der Waals surface area contributed by atoms with E-state index in [4.69, 9.17) is 9.84 Å². The fourth-order valence-corrected chi connectivity index (χ4v) is 2.42. The van der Waals surface area contributed by atoms with E-state index in [9.17, 15) is 18.0 Å². The normalized spacial score (nSPS) is 11.2. The first kappa shape index (κ1) is 18.5. The maximum atomic E-state index is 12.8. The van der Waals surface area contributed by atoms with Crippen molar-refractivity contribution in [1.29, 1.82) is 0 Å². The minimum Gasteiger partial charge on any atom is -0.480 e. The Morgan fingerprint density at radius 1 is 1.19 bits per heavy atom. The number of carboxylic acids is 1. The van der Waals surface area contributed by atoms with Crippen LogP contribution >= 0.6 is 0 Å². The van der Waals surface area contributed by atoms with Gasteiger partial charge in [0.1, 0.15) is 23.6 Å². The molecule has 0 radical (unpaired) electrons. The second-order valence-electron chi connectivity index (χ2n) is 5.55. The summed E-state index contributed by atoms with van der Waals surface area (Å²) in [7, 11) is 0. The quantitative estimate of drug-likeness (QED) is 0.712. The van der Waals surface area contributed by atoms with Crippen molar-refractivity contribution in [3.05, 3.63) is 71.2 Å². The molecule has 3 aromatic rings. The van der Waals surface area contributed by atoms with Crippen LogP contribution in [0.5, 0.6) is 0 Å². The molecule has 138 valence electrons. The fourth-order valence-electron chi connectivity index (χ4n) is 2.42. The van der Waals surface area contributed by atoms with E-state index in [0.717, 1.165) is 12.1 Å². The third kappa shape index (κ3) is 4.46. The van der Waals surface area contributed by atoms with Crippen molar-refractivity contribution in [1.82, 2.24) is 9.38 Å². The Bertz CT molecular complexity index is 1050. The van der Waals surface area contributed by atoms with E-state index in [-0.39, 0.29) is 12.2 Å². The van der Waals surface area contributed by atoms with Crippen LogP contribution in [0.2, 0.25) is 0 Å². The number of halogens is 3. The van der Waals surface area contributed by atoms with Crippen molar-refractivity contribution in [2.24, 2.45) is 0 Å². The molecule has 1 aromatic carbocycles. The average molecular weight is 374 g/mol. The molecule has 0 fully saturated rings. The Morgan fingerprint density at radius 2 is 2.00 bits per heavy atom. The van der Waals surface area contributed by atoms with Crippen LogP contribution in [0.3, 0.4) is 0 Å². The Labute approximate surface area is 152 Å². The van der Waals surface area contributed by atoms with Crippen LogP contribution < -0.4 is 0 Å². The lowest BCUT2D eigenvalue weighted by Gasteiger charge is -2.05. The van der Waals surface area contributed by atoms with Crippen molar-refractivity contribution < 1.29 is 27.8 Å². The number of pyridine rings is 1. The molecular weight excluding hydrogens is 361 g/mol. The molecule has 0 aliphatic rings. The SMILES string of the molecule is O=C(O)COCc1nc2ccccn2c1C#Cc1cccc(C(F)(F)F)c1. The zero-order valence-corrected chi connectivity index (χ0v) is 13.8. The largest absolute Gasteiger partial charge is 0.480 e. The van der Waals surface area contributed by atoms with Crippen LogP contribution in [0.4, 0.5) is 13.2 Å². The number of benzene rings is 1. The molecule has 0 atom stereocenters. The van der Waals surface area contributed by atoms with Crippen molar-refractivity contribution in [3.8, 4) is 11.8 Å². The molecule has 1 N–H and O–H groups in total. The van der Waals surface area contributed by atoms with Crippen LogP contribution in [-0.2, 0) is 22.3 Å². The number of rotatable bonds is 4. The van der Waals surface area contributed by atoms with E-state index < -0.39 is 24.3 Å². The van der Waals surface area contributed by atoms with Crippen LogP contribution in [0.1, 0.15) is 22.5 Å². The van der Waals surface area contributed by atoms with Crippen molar-refractivity contribution >= 4 is 11.6 Å². The minimum atomic E-state index is -4.45. The summed E-state index contributed by atoms with van der Waals surface area (Å²) in [6, 6.07) is 9.97. The molecule has 0 aliphatic carbocycles. The molecule has 27 heavy (non-hydrogen) atoms. The van der Waals surface area contributed by atoms with Crippen LogP contribution in [0.15, 0.2) is 48.7 Å². The lowest BCUT2D eigenvalue weighted by Crippen LogP contribution is -2.07. The van der Waals surface area contributed by atoms with Gasteiger partial charge in [0.2, 0.25) is 0 Å². The van der Waals surface area contributed by atoms with Crippen molar-refractivity contribution in [2.45, 2.75) is 12.8 Å². The maximum Gasteiger partial charge on any atom is 0.416 e. The van der Waals surface area contributed by atoms with Gasteiger partial charge in [0.25, 0.3) is 0 Å². The second-order valence-corrected chi connectivity index (χ2v) is 5.55. The molecule has 0 saturated carbocycles. The molecule has 0 unspecified atom stereocenters. The van der Waals surface area contributed by atoms with Gasteiger partial charge in [-0.1, -0.05) is 18.1 Å². The summed E-state index contributed by atoms with van der Waals surface area (Å²) in [5.74, 6) is 4.42. The van der Waals surface area contributed by atoms with Gasteiger partial charge in [-0.25, -0.2) is 9.78 Å². The number of imidazole rings is 1. The van der Waals surface area contributed by atoms with Gasteiger partial charge in [-0.15, -0.1) is 0 Å². The van der Waals surface area contributed by atoms with E-state index in [2.05, 4.69) is 16.8 Å². The van der Waals surface area contributed by atoms with Crippen molar-refractivity contribution in [2.75, 3.05) is 6.61 Å². The highest BCUT2D eigenvalue weighted by Gasteiger charge is 2.30. The summed E-state index contributed by atoms with van der Waals surface area (Å²) in [5.41, 5.74) is 0.820. The Hall–Kier alpha value is -3.31. The van der Waals surface area contributed by atoms with Gasteiger partial charge in [0, 0.05) is 11.8 Å². The highest BCUT2D eigenvalue weighted by molar-refractivity contribution is 5.68. The molecule has 0 saturated heterocycles. The number of aromatic nitrogens is 2. The molecule has 0 amide bonds. The summed E-state index contributed by atoms with van der Waals surface area (Å²) in [6.07, 6.45) is -2.74. The predicted octanol–water partition coefficient (Wildman–Crippen LogP) is 3.35.